The van der Waals surface area contributed by atoms with Gasteiger partial charge in [0.15, 0.2) is 0 Å². The maximum atomic E-state index is 12.1. The lowest BCUT2D eigenvalue weighted by molar-refractivity contribution is -0.140. The van der Waals surface area contributed by atoms with Crippen LogP contribution in [-0.2, 0) is 22.4 Å². The molecule has 0 atom stereocenters. The number of nitrogens with zero attached hydrogens (tertiary/aromatic N) is 3. The van der Waals surface area contributed by atoms with Crippen LogP contribution < -0.4 is 0 Å². The van der Waals surface area contributed by atoms with Crippen molar-refractivity contribution < 1.29 is 9.53 Å². The van der Waals surface area contributed by atoms with Crippen molar-refractivity contribution in [2.75, 3.05) is 12.4 Å². The molecule has 3 aromatic rings. The first-order valence-electron chi connectivity index (χ1n) is 11.0. The standard InChI is InChI=1S/C23H29N3O2S2/c1-4-5-8-11-28-17(27)12-29-23-21-20(24-13-25-23)18-15-9-6-7-10-16(15)19(14(2)3)26-22(18)30-21/h13-14H,4-12H2,1-3H3. The number of hydrogen-bond donors (Lipinski definition) is 0. The van der Waals surface area contributed by atoms with E-state index in [-0.39, 0.29) is 11.7 Å². The fraction of sp³-hybridized carbons (Fsp3) is 0.565. The Labute approximate surface area is 186 Å². The van der Waals surface area contributed by atoms with E-state index >= 15 is 0 Å². The molecule has 0 aromatic carbocycles. The Hall–Kier alpha value is -1.73. The number of unbranched alkanes of at least 4 members (excludes halogenated alkanes) is 2. The van der Waals surface area contributed by atoms with Crippen LogP contribution in [0.3, 0.4) is 0 Å². The molecular formula is C23H29N3O2S2. The first-order valence-corrected chi connectivity index (χ1v) is 12.8. The summed E-state index contributed by atoms with van der Waals surface area (Å²) >= 11 is 3.10. The zero-order valence-corrected chi connectivity index (χ0v) is 19.6. The van der Waals surface area contributed by atoms with E-state index in [2.05, 4.69) is 30.7 Å². The predicted molar refractivity (Wildman–Crippen MR) is 125 cm³/mol. The smallest absolute Gasteiger partial charge is 0.316 e. The second-order valence-electron chi connectivity index (χ2n) is 8.17. The molecule has 30 heavy (non-hydrogen) atoms. The van der Waals surface area contributed by atoms with Crippen LogP contribution in [0.5, 0.6) is 0 Å². The van der Waals surface area contributed by atoms with Crippen LogP contribution in [0.15, 0.2) is 11.4 Å². The van der Waals surface area contributed by atoms with E-state index in [4.69, 9.17) is 9.72 Å². The third kappa shape index (κ3) is 4.33. The van der Waals surface area contributed by atoms with Crippen molar-refractivity contribution in [2.45, 2.75) is 76.7 Å². The van der Waals surface area contributed by atoms with Gasteiger partial charge in [-0.1, -0.05) is 45.4 Å². The number of rotatable bonds is 8. The molecule has 0 fully saturated rings. The number of carbonyl (C=O) groups is 1. The van der Waals surface area contributed by atoms with Gasteiger partial charge < -0.3 is 4.74 Å². The number of thiophene rings is 1. The molecule has 0 bridgehead atoms. The lowest BCUT2D eigenvalue weighted by Crippen LogP contribution is -2.10. The Bertz CT molecular complexity index is 1060. The van der Waals surface area contributed by atoms with Gasteiger partial charge in [0, 0.05) is 11.1 Å². The van der Waals surface area contributed by atoms with E-state index in [1.807, 2.05) is 0 Å². The fourth-order valence-corrected chi connectivity index (χ4v) is 6.20. The first-order chi connectivity index (χ1) is 14.6. The van der Waals surface area contributed by atoms with Gasteiger partial charge in [-0.05, 0) is 49.1 Å². The second-order valence-corrected chi connectivity index (χ2v) is 10.1. The highest BCUT2D eigenvalue weighted by Gasteiger charge is 2.24. The Kier molecular flexibility index (Phi) is 6.88. The van der Waals surface area contributed by atoms with E-state index in [1.165, 1.54) is 46.8 Å². The Balaban J connectivity index is 1.65. The van der Waals surface area contributed by atoms with Crippen LogP contribution >= 0.6 is 23.1 Å². The molecule has 1 aliphatic rings. The zero-order valence-electron chi connectivity index (χ0n) is 18.0. The number of esters is 1. The molecule has 3 heterocycles. The Morgan fingerprint density at radius 2 is 2.00 bits per heavy atom. The van der Waals surface area contributed by atoms with Gasteiger partial charge in [0.1, 0.15) is 16.2 Å². The monoisotopic (exact) mass is 443 g/mol. The summed E-state index contributed by atoms with van der Waals surface area (Å²) in [6.07, 6.45) is 9.41. The van der Waals surface area contributed by atoms with Crippen LogP contribution in [0.2, 0.25) is 0 Å². The summed E-state index contributed by atoms with van der Waals surface area (Å²) in [6, 6.07) is 0. The lowest BCUT2D eigenvalue weighted by atomic mass is 9.86. The third-order valence-corrected chi connectivity index (χ3v) is 7.78. The molecule has 0 saturated carbocycles. The van der Waals surface area contributed by atoms with E-state index in [1.54, 1.807) is 17.7 Å². The zero-order chi connectivity index (χ0) is 21.1. The maximum Gasteiger partial charge on any atom is 0.316 e. The van der Waals surface area contributed by atoms with Crippen molar-refractivity contribution in [3.8, 4) is 0 Å². The Morgan fingerprint density at radius 3 is 2.77 bits per heavy atom. The molecule has 0 spiro atoms. The number of carbonyl (C=O) groups excluding carboxylic acids is 1. The molecule has 3 aromatic heterocycles. The summed E-state index contributed by atoms with van der Waals surface area (Å²) in [5.41, 5.74) is 5.10. The third-order valence-electron chi connectivity index (χ3n) is 5.61. The topological polar surface area (TPSA) is 65.0 Å². The van der Waals surface area contributed by atoms with Crippen molar-refractivity contribution in [2.24, 2.45) is 0 Å². The normalized spacial score (nSPS) is 13.9. The molecule has 0 unspecified atom stereocenters. The number of ether oxygens (including phenoxy) is 1. The highest BCUT2D eigenvalue weighted by atomic mass is 32.2. The summed E-state index contributed by atoms with van der Waals surface area (Å²) in [7, 11) is 0. The first kappa shape index (κ1) is 21.5. The minimum atomic E-state index is -0.179. The number of thioether (sulfide) groups is 1. The molecule has 4 rings (SSSR count). The predicted octanol–water partition coefficient (Wildman–Crippen LogP) is 6.07. The van der Waals surface area contributed by atoms with Crippen LogP contribution in [0.1, 0.15) is 75.6 Å². The quantitative estimate of drug-likeness (QED) is 0.182. The van der Waals surface area contributed by atoms with Gasteiger partial charge in [-0.3, -0.25) is 4.79 Å². The van der Waals surface area contributed by atoms with Gasteiger partial charge in [-0.15, -0.1) is 11.3 Å². The number of fused-ring (bicyclic) bond motifs is 5. The minimum Gasteiger partial charge on any atom is -0.465 e. The number of aryl methyl sites for hydroxylation is 1. The SMILES string of the molecule is CCCCCOC(=O)CSc1ncnc2c1sc1nc(C(C)C)c3c(c12)CCCC3. The van der Waals surface area contributed by atoms with Crippen LogP contribution in [0.25, 0.3) is 20.4 Å². The van der Waals surface area contributed by atoms with Gasteiger partial charge in [0.2, 0.25) is 0 Å². The summed E-state index contributed by atoms with van der Waals surface area (Å²) in [4.78, 5) is 27.3. The van der Waals surface area contributed by atoms with Crippen molar-refractivity contribution in [1.82, 2.24) is 15.0 Å². The van der Waals surface area contributed by atoms with E-state index < -0.39 is 0 Å². The van der Waals surface area contributed by atoms with Crippen LogP contribution in [-0.4, -0.2) is 33.3 Å². The molecule has 160 valence electrons. The minimum absolute atomic E-state index is 0.179. The average Bonchev–Trinajstić information content (AvgIpc) is 3.14. The molecular weight excluding hydrogens is 414 g/mol. The number of pyridine rings is 1. The van der Waals surface area contributed by atoms with E-state index in [0.29, 0.717) is 12.5 Å². The van der Waals surface area contributed by atoms with Gasteiger partial charge in [-0.2, -0.15) is 0 Å². The molecule has 0 N–H and O–H groups in total. The molecule has 0 amide bonds. The molecule has 0 saturated heterocycles. The number of hydrogen-bond acceptors (Lipinski definition) is 7. The summed E-state index contributed by atoms with van der Waals surface area (Å²) < 4.78 is 6.38. The largest absolute Gasteiger partial charge is 0.465 e. The van der Waals surface area contributed by atoms with Gasteiger partial charge in [-0.25, -0.2) is 15.0 Å². The number of aromatic nitrogens is 3. The summed E-state index contributed by atoms with van der Waals surface area (Å²) in [5.74, 6) is 0.505. The highest BCUT2D eigenvalue weighted by Crippen LogP contribution is 2.42. The van der Waals surface area contributed by atoms with Gasteiger partial charge in [0.05, 0.1) is 22.6 Å². The molecule has 5 nitrogen and oxygen atoms in total. The van der Waals surface area contributed by atoms with Crippen molar-refractivity contribution in [3.05, 3.63) is 23.1 Å². The van der Waals surface area contributed by atoms with Gasteiger partial charge >= 0.3 is 5.97 Å². The van der Waals surface area contributed by atoms with E-state index in [0.717, 1.165) is 52.2 Å². The lowest BCUT2D eigenvalue weighted by Gasteiger charge is -2.21. The van der Waals surface area contributed by atoms with Gasteiger partial charge in [0.25, 0.3) is 0 Å². The molecule has 1 aliphatic carbocycles. The maximum absolute atomic E-state index is 12.1. The van der Waals surface area contributed by atoms with E-state index in [9.17, 15) is 4.79 Å². The molecule has 0 aliphatic heterocycles. The van der Waals surface area contributed by atoms with Crippen LogP contribution in [0.4, 0.5) is 0 Å². The highest BCUT2D eigenvalue weighted by molar-refractivity contribution is 8.00. The van der Waals surface area contributed by atoms with Crippen molar-refractivity contribution in [3.63, 3.8) is 0 Å². The fourth-order valence-electron chi connectivity index (χ4n) is 4.16. The van der Waals surface area contributed by atoms with Crippen LogP contribution in [0, 0.1) is 0 Å². The molecule has 0 radical (unpaired) electrons. The van der Waals surface area contributed by atoms with Crippen molar-refractivity contribution >= 4 is 49.5 Å². The summed E-state index contributed by atoms with van der Waals surface area (Å²) in [5, 5.41) is 2.06. The summed E-state index contributed by atoms with van der Waals surface area (Å²) in [6.45, 7) is 7.09. The second kappa shape index (κ2) is 9.60. The van der Waals surface area contributed by atoms with Crippen molar-refractivity contribution in [1.29, 1.82) is 0 Å². The molecule has 7 heteroatoms. The average molecular weight is 444 g/mol. The Morgan fingerprint density at radius 1 is 1.20 bits per heavy atom.